The van der Waals surface area contributed by atoms with Crippen LogP contribution in [0.2, 0.25) is 0 Å². The van der Waals surface area contributed by atoms with Gasteiger partial charge in [0.2, 0.25) is 0 Å². The molecule has 0 radical (unpaired) electrons. The van der Waals surface area contributed by atoms with E-state index in [9.17, 15) is 9.18 Å². The van der Waals surface area contributed by atoms with Crippen LogP contribution in [-0.2, 0) is 0 Å². The molecule has 0 aliphatic rings. The maximum Gasteiger partial charge on any atom is 0.194 e. The fraction of sp³-hybridized carbons (Fsp3) is 0.0714. The number of carbonyl (C=O) groups is 1. The SMILES string of the molecule is Cc1ccc(Br)c(C(=O)c2ccc(F)c(Br)c2)c1. The molecule has 18 heavy (non-hydrogen) atoms. The Morgan fingerprint density at radius 2 is 1.78 bits per heavy atom. The number of carbonyl (C=O) groups excluding carboxylic acids is 1. The molecule has 0 spiro atoms. The van der Waals surface area contributed by atoms with Crippen molar-refractivity contribution in [2.24, 2.45) is 0 Å². The van der Waals surface area contributed by atoms with Crippen molar-refractivity contribution in [3.63, 3.8) is 0 Å². The van der Waals surface area contributed by atoms with Gasteiger partial charge in [-0.3, -0.25) is 4.79 Å². The van der Waals surface area contributed by atoms with Crippen molar-refractivity contribution in [3.8, 4) is 0 Å². The summed E-state index contributed by atoms with van der Waals surface area (Å²) >= 11 is 6.44. The Bertz CT molecular complexity index is 623. The lowest BCUT2D eigenvalue weighted by Gasteiger charge is -2.06. The quantitative estimate of drug-likeness (QED) is 0.687. The molecule has 0 fully saturated rings. The minimum atomic E-state index is -0.380. The standard InChI is InChI=1S/C14H9Br2FO/c1-8-2-4-11(15)10(6-8)14(18)9-3-5-13(17)12(16)7-9/h2-7H,1H3. The number of halogens is 3. The van der Waals surface area contributed by atoms with Crippen LogP contribution in [0.3, 0.4) is 0 Å². The van der Waals surface area contributed by atoms with Crippen molar-refractivity contribution in [2.75, 3.05) is 0 Å². The summed E-state index contributed by atoms with van der Waals surface area (Å²) in [6.07, 6.45) is 0. The van der Waals surface area contributed by atoms with E-state index in [2.05, 4.69) is 31.9 Å². The summed E-state index contributed by atoms with van der Waals surface area (Å²) < 4.78 is 14.2. The first-order valence-corrected chi connectivity index (χ1v) is 6.83. The second kappa shape index (κ2) is 5.33. The summed E-state index contributed by atoms with van der Waals surface area (Å²) in [5.41, 5.74) is 2.03. The van der Waals surface area contributed by atoms with E-state index in [1.807, 2.05) is 25.1 Å². The Morgan fingerprint density at radius 3 is 2.44 bits per heavy atom. The minimum absolute atomic E-state index is 0.133. The van der Waals surface area contributed by atoms with Crippen LogP contribution in [0.15, 0.2) is 45.3 Å². The molecule has 4 heteroatoms. The van der Waals surface area contributed by atoms with Gasteiger partial charge in [0.15, 0.2) is 5.78 Å². The zero-order valence-corrected chi connectivity index (χ0v) is 12.7. The van der Waals surface area contributed by atoms with Crippen molar-refractivity contribution >= 4 is 37.6 Å². The van der Waals surface area contributed by atoms with Gasteiger partial charge in [-0.2, -0.15) is 0 Å². The number of hydrogen-bond acceptors (Lipinski definition) is 1. The molecule has 0 aromatic heterocycles. The highest BCUT2D eigenvalue weighted by Crippen LogP contribution is 2.24. The van der Waals surface area contributed by atoms with Gasteiger partial charge >= 0.3 is 0 Å². The number of hydrogen-bond donors (Lipinski definition) is 0. The van der Waals surface area contributed by atoms with Gasteiger partial charge in [0.25, 0.3) is 0 Å². The van der Waals surface area contributed by atoms with E-state index in [1.165, 1.54) is 18.2 Å². The van der Waals surface area contributed by atoms with E-state index in [0.29, 0.717) is 11.1 Å². The van der Waals surface area contributed by atoms with Crippen molar-refractivity contribution in [1.82, 2.24) is 0 Å². The smallest absolute Gasteiger partial charge is 0.194 e. The second-order valence-electron chi connectivity index (χ2n) is 3.94. The summed E-state index contributed by atoms with van der Waals surface area (Å²) in [6.45, 7) is 1.92. The van der Waals surface area contributed by atoms with Gasteiger partial charge in [0, 0.05) is 15.6 Å². The third kappa shape index (κ3) is 2.70. The van der Waals surface area contributed by atoms with Crippen LogP contribution in [0.5, 0.6) is 0 Å². The molecule has 0 aliphatic carbocycles. The molecule has 0 bridgehead atoms. The third-order valence-corrected chi connectivity index (χ3v) is 3.85. The number of ketones is 1. The van der Waals surface area contributed by atoms with Crippen LogP contribution in [-0.4, -0.2) is 5.78 Å². The lowest BCUT2D eigenvalue weighted by molar-refractivity contribution is 0.103. The molecule has 0 aliphatic heterocycles. The maximum atomic E-state index is 13.1. The molecule has 0 unspecified atom stereocenters. The van der Waals surface area contributed by atoms with Crippen LogP contribution in [0.25, 0.3) is 0 Å². The molecule has 2 aromatic rings. The Hall–Kier alpha value is -1.00. The average Bonchev–Trinajstić information content (AvgIpc) is 2.35. The third-order valence-electron chi connectivity index (χ3n) is 2.55. The summed E-state index contributed by atoms with van der Waals surface area (Å²) in [7, 11) is 0. The number of benzene rings is 2. The maximum absolute atomic E-state index is 13.1. The van der Waals surface area contributed by atoms with Gasteiger partial charge in [-0.15, -0.1) is 0 Å². The molecule has 92 valence electrons. The van der Waals surface area contributed by atoms with E-state index >= 15 is 0 Å². The fourth-order valence-corrected chi connectivity index (χ4v) is 2.41. The first-order valence-electron chi connectivity index (χ1n) is 5.25. The first-order chi connectivity index (χ1) is 8.49. The lowest BCUT2D eigenvalue weighted by atomic mass is 10.0. The predicted molar refractivity (Wildman–Crippen MR) is 76.4 cm³/mol. The molecule has 0 N–H and O–H groups in total. The van der Waals surface area contributed by atoms with Crippen molar-refractivity contribution in [2.45, 2.75) is 6.92 Å². The van der Waals surface area contributed by atoms with Gasteiger partial charge < -0.3 is 0 Å². The van der Waals surface area contributed by atoms with Gasteiger partial charge in [0.05, 0.1) is 4.47 Å². The average molecular weight is 372 g/mol. The van der Waals surface area contributed by atoms with Crippen molar-refractivity contribution < 1.29 is 9.18 Å². The molecule has 0 saturated heterocycles. The van der Waals surface area contributed by atoms with Crippen LogP contribution in [0.4, 0.5) is 4.39 Å². The van der Waals surface area contributed by atoms with E-state index in [1.54, 1.807) is 0 Å². The molecular formula is C14H9Br2FO. The van der Waals surface area contributed by atoms with E-state index < -0.39 is 0 Å². The highest BCUT2D eigenvalue weighted by atomic mass is 79.9. The highest BCUT2D eigenvalue weighted by molar-refractivity contribution is 9.10. The predicted octanol–water partition coefficient (Wildman–Crippen LogP) is 4.89. The number of rotatable bonds is 2. The largest absolute Gasteiger partial charge is 0.289 e. The first kappa shape index (κ1) is 13.4. The van der Waals surface area contributed by atoms with E-state index in [-0.39, 0.29) is 16.1 Å². The fourth-order valence-electron chi connectivity index (χ4n) is 1.61. The molecule has 1 nitrogen and oxygen atoms in total. The summed E-state index contributed by atoms with van der Waals surface area (Å²) in [5, 5.41) is 0. The van der Waals surface area contributed by atoms with Gasteiger partial charge in [-0.05, 0) is 53.2 Å². The topological polar surface area (TPSA) is 17.1 Å². The Morgan fingerprint density at radius 1 is 1.06 bits per heavy atom. The zero-order valence-electron chi connectivity index (χ0n) is 9.51. The molecule has 0 heterocycles. The Kier molecular flexibility index (Phi) is 3.97. The zero-order chi connectivity index (χ0) is 13.3. The monoisotopic (exact) mass is 370 g/mol. The minimum Gasteiger partial charge on any atom is -0.289 e. The van der Waals surface area contributed by atoms with Crippen molar-refractivity contribution in [1.29, 1.82) is 0 Å². The van der Waals surface area contributed by atoms with E-state index in [4.69, 9.17) is 0 Å². The van der Waals surface area contributed by atoms with E-state index in [0.717, 1.165) is 10.0 Å². The van der Waals surface area contributed by atoms with Gasteiger partial charge in [-0.1, -0.05) is 27.6 Å². The molecule has 2 rings (SSSR count). The summed E-state index contributed by atoms with van der Waals surface area (Å²) in [5.74, 6) is -0.513. The van der Waals surface area contributed by atoms with Crippen LogP contribution < -0.4 is 0 Å². The molecular weight excluding hydrogens is 363 g/mol. The van der Waals surface area contributed by atoms with Gasteiger partial charge in [-0.25, -0.2) is 4.39 Å². The molecule has 0 atom stereocenters. The molecule has 0 saturated carbocycles. The summed E-state index contributed by atoms with van der Waals surface area (Å²) in [4.78, 5) is 12.3. The summed E-state index contributed by atoms with van der Waals surface area (Å²) in [6, 6.07) is 9.82. The van der Waals surface area contributed by atoms with Crippen LogP contribution >= 0.6 is 31.9 Å². The van der Waals surface area contributed by atoms with Crippen molar-refractivity contribution in [3.05, 3.63) is 67.9 Å². The lowest BCUT2D eigenvalue weighted by Crippen LogP contribution is -2.03. The number of aryl methyl sites for hydroxylation is 1. The Balaban J connectivity index is 2.47. The van der Waals surface area contributed by atoms with Crippen LogP contribution in [0, 0.1) is 12.7 Å². The normalized spacial score (nSPS) is 10.4. The highest BCUT2D eigenvalue weighted by Gasteiger charge is 2.14. The molecule has 0 amide bonds. The van der Waals surface area contributed by atoms with Gasteiger partial charge in [0.1, 0.15) is 5.82 Å². The second-order valence-corrected chi connectivity index (χ2v) is 5.65. The molecule has 2 aromatic carbocycles. The van der Waals surface area contributed by atoms with Crippen LogP contribution in [0.1, 0.15) is 21.5 Å². The Labute approximate surface area is 121 Å².